The first-order valence-electron chi connectivity index (χ1n) is 7.78. The van der Waals surface area contributed by atoms with Crippen LogP contribution >= 0.6 is 23.4 Å². The number of benzene rings is 1. The lowest BCUT2D eigenvalue weighted by molar-refractivity contribution is -0.123. The zero-order valence-corrected chi connectivity index (χ0v) is 15.3. The summed E-state index contributed by atoms with van der Waals surface area (Å²) >= 11 is 7.14. The van der Waals surface area contributed by atoms with Crippen LogP contribution in [0.25, 0.3) is 6.08 Å². The van der Waals surface area contributed by atoms with Crippen LogP contribution in [0.3, 0.4) is 0 Å². The van der Waals surface area contributed by atoms with Crippen LogP contribution in [0.4, 0.5) is 4.79 Å². The Kier molecular flexibility index (Phi) is 4.34. The summed E-state index contributed by atoms with van der Waals surface area (Å²) in [7, 11) is 0. The number of pyridine rings is 1. The number of rotatable bonds is 3. The monoisotopic (exact) mass is 388 g/mol. The number of imide groups is 1. The molecule has 1 fully saturated rings. The smallest absolute Gasteiger partial charge is 0.293 e. The number of aromatic nitrogens is 1. The van der Waals surface area contributed by atoms with E-state index in [9.17, 15) is 9.59 Å². The molecule has 2 amide bonds. The molecular weight excluding hydrogens is 376 g/mol. The van der Waals surface area contributed by atoms with Gasteiger partial charge in [0.15, 0.2) is 11.5 Å². The molecule has 6 nitrogen and oxygen atoms in total. The van der Waals surface area contributed by atoms with E-state index in [1.807, 2.05) is 19.1 Å². The highest BCUT2D eigenvalue weighted by molar-refractivity contribution is 8.18. The van der Waals surface area contributed by atoms with Gasteiger partial charge in [-0.2, -0.15) is 0 Å². The second-order valence-corrected chi connectivity index (χ2v) is 7.17. The van der Waals surface area contributed by atoms with E-state index in [0.29, 0.717) is 32.7 Å². The number of aryl methyl sites for hydroxylation is 1. The van der Waals surface area contributed by atoms with Gasteiger partial charge in [-0.1, -0.05) is 17.7 Å². The van der Waals surface area contributed by atoms with Gasteiger partial charge in [-0.25, -0.2) is 0 Å². The molecule has 0 bridgehead atoms. The maximum Gasteiger partial charge on any atom is 0.293 e. The topological polar surface area (TPSA) is 68.7 Å². The molecule has 2 aliphatic rings. The second-order valence-electron chi connectivity index (χ2n) is 5.77. The van der Waals surface area contributed by atoms with Gasteiger partial charge in [0, 0.05) is 16.8 Å². The summed E-state index contributed by atoms with van der Waals surface area (Å²) in [4.78, 5) is 30.8. The summed E-state index contributed by atoms with van der Waals surface area (Å²) in [5.41, 5.74) is 2.09. The third kappa shape index (κ3) is 3.15. The van der Waals surface area contributed by atoms with Crippen LogP contribution in [-0.4, -0.2) is 27.8 Å². The van der Waals surface area contributed by atoms with E-state index in [1.165, 1.54) is 0 Å². The predicted molar refractivity (Wildman–Crippen MR) is 98.1 cm³/mol. The van der Waals surface area contributed by atoms with Gasteiger partial charge in [-0.3, -0.25) is 19.5 Å². The van der Waals surface area contributed by atoms with Crippen molar-refractivity contribution in [3.8, 4) is 11.5 Å². The highest BCUT2D eigenvalue weighted by Gasteiger charge is 2.35. The van der Waals surface area contributed by atoms with Crippen molar-refractivity contribution in [2.75, 3.05) is 6.79 Å². The molecule has 3 heterocycles. The highest BCUT2D eigenvalue weighted by atomic mass is 35.5. The quantitative estimate of drug-likeness (QED) is 0.740. The Balaban J connectivity index is 1.59. The average molecular weight is 389 g/mol. The number of hydrogen-bond acceptors (Lipinski definition) is 6. The number of carbonyl (C=O) groups is 2. The normalized spacial score (nSPS) is 17.5. The molecule has 1 saturated heterocycles. The molecule has 2 aromatic rings. The Labute approximate surface area is 158 Å². The largest absolute Gasteiger partial charge is 0.454 e. The molecular formula is C18H13ClN2O4S. The number of nitrogens with zero attached hydrogens (tertiary/aromatic N) is 2. The first kappa shape index (κ1) is 16.9. The van der Waals surface area contributed by atoms with Crippen molar-refractivity contribution in [3.63, 3.8) is 0 Å². The summed E-state index contributed by atoms with van der Waals surface area (Å²) in [6, 6.07) is 8.83. The highest BCUT2D eigenvalue weighted by Crippen LogP contribution is 2.39. The van der Waals surface area contributed by atoms with E-state index in [-0.39, 0.29) is 24.5 Å². The maximum absolute atomic E-state index is 12.6. The first-order chi connectivity index (χ1) is 12.5. The van der Waals surface area contributed by atoms with Gasteiger partial charge < -0.3 is 9.47 Å². The Morgan fingerprint density at radius 2 is 2.04 bits per heavy atom. The van der Waals surface area contributed by atoms with Gasteiger partial charge in [-0.15, -0.1) is 0 Å². The van der Waals surface area contributed by atoms with E-state index in [0.717, 1.165) is 22.4 Å². The summed E-state index contributed by atoms with van der Waals surface area (Å²) < 4.78 is 10.6. The minimum Gasteiger partial charge on any atom is -0.454 e. The number of carbonyl (C=O) groups excluding carboxylic acids is 2. The minimum absolute atomic E-state index is 0.0682. The van der Waals surface area contributed by atoms with Crippen LogP contribution in [-0.2, 0) is 11.3 Å². The molecule has 8 heteroatoms. The molecule has 26 heavy (non-hydrogen) atoms. The molecule has 1 aromatic heterocycles. The standard InChI is InChI=1S/C18H13ClN2O4S/c1-10-3-2-4-12(20-10)6-16-17(22)21(18(23)26-16)8-11-5-14-15(7-13(11)19)25-9-24-14/h2-7H,8-9H2,1H3/b16-6-. The molecule has 1 aromatic carbocycles. The van der Waals surface area contributed by atoms with Crippen molar-refractivity contribution < 1.29 is 19.1 Å². The van der Waals surface area contributed by atoms with Crippen molar-refractivity contribution in [2.45, 2.75) is 13.5 Å². The predicted octanol–water partition coefficient (Wildman–Crippen LogP) is 4.01. The molecule has 0 unspecified atom stereocenters. The number of ether oxygens (including phenoxy) is 2. The Morgan fingerprint density at radius 1 is 1.27 bits per heavy atom. The fourth-order valence-corrected chi connectivity index (χ4v) is 3.70. The zero-order chi connectivity index (χ0) is 18.3. The minimum atomic E-state index is -0.364. The molecule has 0 saturated carbocycles. The van der Waals surface area contributed by atoms with Crippen LogP contribution in [0, 0.1) is 6.92 Å². The van der Waals surface area contributed by atoms with E-state index in [1.54, 1.807) is 24.3 Å². The third-order valence-corrected chi connectivity index (χ3v) is 5.19. The number of hydrogen-bond donors (Lipinski definition) is 0. The lowest BCUT2D eigenvalue weighted by Crippen LogP contribution is -2.27. The number of fused-ring (bicyclic) bond motifs is 1. The Morgan fingerprint density at radius 3 is 2.81 bits per heavy atom. The van der Waals surface area contributed by atoms with Crippen molar-refractivity contribution in [3.05, 3.63) is 57.2 Å². The molecule has 132 valence electrons. The molecule has 2 aliphatic heterocycles. The Hall–Kier alpha value is -2.51. The van der Waals surface area contributed by atoms with Crippen molar-refractivity contribution in [1.82, 2.24) is 9.88 Å². The van der Waals surface area contributed by atoms with Crippen molar-refractivity contribution in [1.29, 1.82) is 0 Å². The van der Waals surface area contributed by atoms with Gasteiger partial charge in [0.1, 0.15) is 0 Å². The molecule has 0 radical (unpaired) electrons. The fraction of sp³-hybridized carbons (Fsp3) is 0.167. The average Bonchev–Trinajstić information content (AvgIpc) is 3.14. The van der Waals surface area contributed by atoms with Gasteiger partial charge in [0.05, 0.1) is 17.1 Å². The summed E-state index contributed by atoms with van der Waals surface area (Å²) in [6.07, 6.45) is 1.62. The fourth-order valence-electron chi connectivity index (χ4n) is 2.67. The van der Waals surface area contributed by atoms with Gasteiger partial charge in [0.2, 0.25) is 6.79 Å². The number of halogens is 1. The Bertz CT molecular complexity index is 960. The molecule has 4 rings (SSSR count). The zero-order valence-electron chi connectivity index (χ0n) is 13.7. The van der Waals surface area contributed by atoms with E-state index in [4.69, 9.17) is 21.1 Å². The molecule has 0 spiro atoms. The van der Waals surface area contributed by atoms with Crippen molar-refractivity contribution in [2.24, 2.45) is 0 Å². The molecule has 0 aliphatic carbocycles. The van der Waals surface area contributed by atoms with Crippen LogP contribution in [0.2, 0.25) is 5.02 Å². The van der Waals surface area contributed by atoms with Gasteiger partial charge in [0.25, 0.3) is 11.1 Å². The first-order valence-corrected chi connectivity index (χ1v) is 8.98. The maximum atomic E-state index is 12.6. The van der Waals surface area contributed by atoms with Gasteiger partial charge >= 0.3 is 0 Å². The summed E-state index contributed by atoms with van der Waals surface area (Å²) in [5, 5.41) is 0.0697. The third-order valence-electron chi connectivity index (χ3n) is 3.93. The lowest BCUT2D eigenvalue weighted by Gasteiger charge is -2.14. The van der Waals surface area contributed by atoms with Crippen LogP contribution in [0.1, 0.15) is 17.0 Å². The van der Waals surface area contributed by atoms with Crippen LogP contribution in [0.5, 0.6) is 11.5 Å². The van der Waals surface area contributed by atoms with E-state index in [2.05, 4.69) is 4.98 Å². The van der Waals surface area contributed by atoms with E-state index >= 15 is 0 Å². The number of thioether (sulfide) groups is 1. The second kappa shape index (κ2) is 6.66. The van der Waals surface area contributed by atoms with E-state index < -0.39 is 0 Å². The SMILES string of the molecule is Cc1cccc(/C=C2\SC(=O)N(Cc3cc4c(cc3Cl)OCO4)C2=O)n1. The molecule has 0 atom stereocenters. The molecule has 0 N–H and O–H groups in total. The summed E-state index contributed by atoms with van der Waals surface area (Å²) in [6.45, 7) is 2.06. The number of amides is 2. The van der Waals surface area contributed by atoms with Crippen molar-refractivity contribution >= 4 is 40.6 Å². The van der Waals surface area contributed by atoms with Gasteiger partial charge in [-0.05, 0) is 48.5 Å². The lowest BCUT2D eigenvalue weighted by atomic mass is 10.2. The summed E-state index contributed by atoms with van der Waals surface area (Å²) in [5.74, 6) is 0.742. The van der Waals surface area contributed by atoms with Crippen LogP contribution in [0.15, 0.2) is 35.2 Å². The van der Waals surface area contributed by atoms with Crippen LogP contribution < -0.4 is 9.47 Å².